The highest BCUT2D eigenvalue weighted by molar-refractivity contribution is 6.32. The standard InChI is InChI=1S/C13H17ClF3NO2.ClH/c1-3-7(2)12(19)11(18)8-4-5-10(9(14)6-8)20-13(15,16)17;/h4-7,11-12,19H,3,18H2,1-2H3;1H/t7?,11-,12+;/m0./s1. The largest absolute Gasteiger partial charge is 0.573 e. The van der Waals surface area contributed by atoms with Gasteiger partial charge in [0.2, 0.25) is 0 Å². The van der Waals surface area contributed by atoms with Crippen LogP contribution in [-0.2, 0) is 0 Å². The van der Waals surface area contributed by atoms with Crippen LogP contribution in [0.1, 0.15) is 31.9 Å². The van der Waals surface area contributed by atoms with Crippen LogP contribution in [-0.4, -0.2) is 17.6 Å². The molecule has 8 heteroatoms. The van der Waals surface area contributed by atoms with E-state index in [1.54, 1.807) is 0 Å². The van der Waals surface area contributed by atoms with Gasteiger partial charge in [-0.05, 0) is 23.6 Å². The molecule has 1 aromatic carbocycles. The lowest BCUT2D eigenvalue weighted by Gasteiger charge is -2.24. The van der Waals surface area contributed by atoms with E-state index in [0.29, 0.717) is 5.56 Å². The number of aliphatic hydroxyl groups is 1. The van der Waals surface area contributed by atoms with Crippen LogP contribution < -0.4 is 10.5 Å². The molecule has 21 heavy (non-hydrogen) atoms. The van der Waals surface area contributed by atoms with Gasteiger partial charge in [0.05, 0.1) is 17.2 Å². The van der Waals surface area contributed by atoms with E-state index in [4.69, 9.17) is 17.3 Å². The third-order valence-electron chi connectivity index (χ3n) is 3.16. The van der Waals surface area contributed by atoms with Crippen molar-refractivity contribution in [3.63, 3.8) is 0 Å². The Kier molecular flexibility index (Phi) is 7.81. The summed E-state index contributed by atoms with van der Waals surface area (Å²) in [7, 11) is 0. The summed E-state index contributed by atoms with van der Waals surface area (Å²) >= 11 is 5.74. The zero-order chi connectivity index (χ0) is 15.5. The van der Waals surface area contributed by atoms with Crippen LogP contribution in [0.4, 0.5) is 13.2 Å². The predicted molar refractivity (Wildman–Crippen MR) is 77.8 cm³/mol. The Morgan fingerprint density at radius 3 is 2.38 bits per heavy atom. The summed E-state index contributed by atoms with van der Waals surface area (Å²) in [5.41, 5.74) is 6.35. The Morgan fingerprint density at radius 2 is 1.95 bits per heavy atom. The minimum atomic E-state index is -4.80. The molecule has 0 amide bonds. The predicted octanol–water partition coefficient (Wildman–Crippen LogP) is 4.07. The number of aliphatic hydroxyl groups excluding tert-OH is 1. The van der Waals surface area contributed by atoms with E-state index in [1.807, 2.05) is 13.8 Å². The highest BCUT2D eigenvalue weighted by atomic mass is 35.5. The molecule has 0 aliphatic rings. The van der Waals surface area contributed by atoms with E-state index in [-0.39, 0.29) is 23.3 Å². The van der Waals surface area contributed by atoms with Gasteiger partial charge in [-0.15, -0.1) is 25.6 Å². The molecule has 122 valence electrons. The second-order valence-corrected chi connectivity index (χ2v) is 5.05. The quantitative estimate of drug-likeness (QED) is 0.844. The third-order valence-corrected chi connectivity index (χ3v) is 3.46. The number of rotatable bonds is 5. The molecule has 0 heterocycles. The summed E-state index contributed by atoms with van der Waals surface area (Å²) in [5.74, 6) is -0.525. The van der Waals surface area contributed by atoms with E-state index in [1.165, 1.54) is 12.1 Å². The normalized spacial score (nSPS) is 15.8. The van der Waals surface area contributed by atoms with Crippen molar-refractivity contribution in [2.24, 2.45) is 11.7 Å². The van der Waals surface area contributed by atoms with Gasteiger partial charge in [0.1, 0.15) is 5.75 Å². The van der Waals surface area contributed by atoms with Gasteiger partial charge in [-0.2, -0.15) is 0 Å². The molecular formula is C13H18Cl2F3NO2. The van der Waals surface area contributed by atoms with Crippen LogP contribution in [0.5, 0.6) is 5.75 Å². The van der Waals surface area contributed by atoms with Crippen molar-refractivity contribution in [3.05, 3.63) is 28.8 Å². The molecule has 1 rings (SSSR count). The van der Waals surface area contributed by atoms with Crippen LogP contribution >= 0.6 is 24.0 Å². The average Bonchev–Trinajstić information content (AvgIpc) is 2.37. The molecule has 0 aliphatic carbocycles. The zero-order valence-corrected chi connectivity index (χ0v) is 13.1. The van der Waals surface area contributed by atoms with E-state index in [2.05, 4.69) is 4.74 Å². The van der Waals surface area contributed by atoms with Gasteiger partial charge in [0, 0.05) is 0 Å². The lowest BCUT2D eigenvalue weighted by Crippen LogP contribution is -2.31. The van der Waals surface area contributed by atoms with E-state index in [9.17, 15) is 18.3 Å². The first kappa shape index (κ1) is 20.3. The SMILES string of the molecule is CCC(C)[C@@H](O)[C@@H](N)c1ccc(OC(F)(F)F)c(Cl)c1.Cl. The average molecular weight is 348 g/mol. The Hall–Kier alpha value is -0.690. The number of benzene rings is 1. The monoisotopic (exact) mass is 347 g/mol. The maximum absolute atomic E-state index is 12.1. The van der Waals surface area contributed by atoms with Crippen LogP contribution in [0.25, 0.3) is 0 Å². The van der Waals surface area contributed by atoms with Crippen molar-refractivity contribution in [1.29, 1.82) is 0 Å². The fourth-order valence-electron chi connectivity index (χ4n) is 1.72. The molecule has 0 aromatic heterocycles. The van der Waals surface area contributed by atoms with Crippen molar-refractivity contribution in [1.82, 2.24) is 0 Å². The fourth-order valence-corrected chi connectivity index (χ4v) is 1.95. The number of hydrogen-bond acceptors (Lipinski definition) is 3. The Balaban J connectivity index is 0.00000400. The molecule has 0 saturated heterocycles. The van der Waals surface area contributed by atoms with Crippen molar-refractivity contribution < 1.29 is 23.0 Å². The van der Waals surface area contributed by atoms with E-state index in [0.717, 1.165) is 12.5 Å². The lowest BCUT2D eigenvalue weighted by molar-refractivity contribution is -0.274. The van der Waals surface area contributed by atoms with Crippen molar-refractivity contribution in [3.8, 4) is 5.75 Å². The summed E-state index contributed by atoms with van der Waals surface area (Å²) in [6.45, 7) is 3.75. The first-order valence-corrected chi connectivity index (χ1v) is 6.52. The smallest absolute Gasteiger partial charge is 0.404 e. The summed E-state index contributed by atoms with van der Waals surface area (Å²) in [6.07, 6.45) is -4.87. The van der Waals surface area contributed by atoms with Gasteiger partial charge in [-0.1, -0.05) is 37.9 Å². The number of ether oxygens (including phenoxy) is 1. The lowest BCUT2D eigenvalue weighted by atomic mass is 9.91. The molecule has 1 unspecified atom stereocenters. The first-order valence-electron chi connectivity index (χ1n) is 6.14. The maximum atomic E-state index is 12.1. The molecule has 1 aromatic rings. The second kappa shape index (κ2) is 8.08. The molecule has 3 nitrogen and oxygen atoms in total. The van der Waals surface area contributed by atoms with Crippen molar-refractivity contribution in [2.45, 2.75) is 38.8 Å². The molecule has 0 saturated carbocycles. The summed E-state index contributed by atoms with van der Waals surface area (Å²) < 4.78 is 40.1. The summed E-state index contributed by atoms with van der Waals surface area (Å²) in [4.78, 5) is 0. The highest BCUT2D eigenvalue weighted by Gasteiger charge is 2.32. The Bertz CT molecular complexity index is 458. The topological polar surface area (TPSA) is 55.5 Å². The Morgan fingerprint density at radius 1 is 1.38 bits per heavy atom. The molecule has 3 atom stereocenters. The number of hydrogen-bond donors (Lipinski definition) is 2. The molecular weight excluding hydrogens is 330 g/mol. The van der Waals surface area contributed by atoms with Gasteiger partial charge in [-0.25, -0.2) is 0 Å². The maximum Gasteiger partial charge on any atom is 0.573 e. The summed E-state index contributed by atoms with van der Waals surface area (Å²) in [6, 6.07) is 3.01. The number of alkyl halides is 3. The van der Waals surface area contributed by atoms with Gasteiger partial charge in [0.25, 0.3) is 0 Å². The minimum absolute atomic E-state index is 0. The first-order chi connectivity index (χ1) is 9.15. The molecule has 0 bridgehead atoms. The Labute approximate surface area is 132 Å². The highest BCUT2D eigenvalue weighted by Crippen LogP contribution is 2.33. The zero-order valence-electron chi connectivity index (χ0n) is 11.5. The van der Waals surface area contributed by atoms with Crippen LogP contribution in [0, 0.1) is 5.92 Å². The molecule has 0 fully saturated rings. The van der Waals surface area contributed by atoms with Crippen LogP contribution in [0.2, 0.25) is 5.02 Å². The van der Waals surface area contributed by atoms with Crippen LogP contribution in [0.15, 0.2) is 18.2 Å². The summed E-state index contributed by atoms with van der Waals surface area (Å²) in [5, 5.41) is 9.80. The number of nitrogens with two attached hydrogens (primary N) is 1. The third kappa shape index (κ3) is 5.90. The molecule has 0 radical (unpaired) electrons. The number of halogens is 5. The van der Waals surface area contributed by atoms with Gasteiger partial charge in [0.15, 0.2) is 0 Å². The van der Waals surface area contributed by atoms with Crippen molar-refractivity contribution in [2.75, 3.05) is 0 Å². The molecule has 3 N–H and O–H groups in total. The van der Waals surface area contributed by atoms with Gasteiger partial charge < -0.3 is 15.6 Å². The minimum Gasteiger partial charge on any atom is -0.404 e. The van der Waals surface area contributed by atoms with Crippen LogP contribution in [0.3, 0.4) is 0 Å². The molecule has 0 spiro atoms. The van der Waals surface area contributed by atoms with E-state index >= 15 is 0 Å². The van der Waals surface area contributed by atoms with Crippen molar-refractivity contribution >= 4 is 24.0 Å². The van der Waals surface area contributed by atoms with E-state index < -0.39 is 24.3 Å². The van der Waals surface area contributed by atoms with Gasteiger partial charge >= 0.3 is 6.36 Å². The second-order valence-electron chi connectivity index (χ2n) is 4.64. The fraction of sp³-hybridized carbons (Fsp3) is 0.538. The van der Waals surface area contributed by atoms with Gasteiger partial charge in [-0.3, -0.25) is 0 Å². The molecule has 0 aliphatic heterocycles.